The molecule has 1 aromatic carbocycles. The summed E-state index contributed by atoms with van der Waals surface area (Å²) in [6.45, 7) is 5.73. The first kappa shape index (κ1) is 15.1. The van der Waals surface area contributed by atoms with E-state index in [2.05, 4.69) is 5.32 Å². The third-order valence-corrected chi connectivity index (χ3v) is 2.75. The van der Waals surface area contributed by atoms with Crippen molar-refractivity contribution in [2.75, 3.05) is 5.32 Å². The fraction of sp³-hybridized carbons (Fsp3) is 0.462. The predicted molar refractivity (Wildman–Crippen MR) is 73.9 cm³/mol. The van der Waals surface area contributed by atoms with Gasteiger partial charge in [-0.25, -0.2) is 0 Å². The third-order valence-electron chi connectivity index (χ3n) is 2.75. The lowest BCUT2D eigenvalue weighted by Gasteiger charge is -2.15. The van der Waals surface area contributed by atoms with E-state index in [0.717, 1.165) is 5.56 Å². The van der Waals surface area contributed by atoms with Crippen molar-refractivity contribution in [1.29, 1.82) is 0 Å². The highest BCUT2D eigenvalue weighted by Gasteiger charge is 2.17. The van der Waals surface area contributed by atoms with Crippen LogP contribution in [0.25, 0.3) is 0 Å². The van der Waals surface area contributed by atoms with Gasteiger partial charge in [0, 0.05) is 12.1 Å². The minimum Gasteiger partial charge on any atom is -0.324 e. The van der Waals surface area contributed by atoms with Gasteiger partial charge < -0.3 is 11.1 Å². The first-order valence-corrected chi connectivity index (χ1v) is 6.12. The second-order valence-electron chi connectivity index (χ2n) is 4.98. The molecule has 3 N–H and O–H groups in total. The van der Waals surface area contributed by atoms with Crippen molar-refractivity contribution < 1.29 is 9.72 Å². The molecule has 0 radical (unpaired) electrons. The quantitative estimate of drug-likeness (QED) is 0.630. The lowest BCUT2D eigenvalue weighted by molar-refractivity contribution is -0.384. The number of nitrogens with one attached hydrogen (secondary N) is 1. The second kappa shape index (κ2) is 6.29. The topological polar surface area (TPSA) is 98.3 Å². The lowest BCUT2D eigenvalue weighted by atomic mass is 10.0. The number of amides is 1. The number of aryl methyl sites for hydroxylation is 1. The van der Waals surface area contributed by atoms with Gasteiger partial charge in [0.25, 0.3) is 5.69 Å². The van der Waals surface area contributed by atoms with E-state index in [1.807, 2.05) is 13.8 Å². The van der Waals surface area contributed by atoms with Crippen LogP contribution in [0.5, 0.6) is 0 Å². The van der Waals surface area contributed by atoms with E-state index in [-0.39, 0.29) is 11.6 Å². The van der Waals surface area contributed by atoms with Crippen molar-refractivity contribution in [3.05, 3.63) is 33.9 Å². The predicted octanol–water partition coefficient (Wildman–Crippen LogP) is 2.22. The molecule has 6 heteroatoms. The maximum Gasteiger partial charge on any atom is 0.271 e. The summed E-state index contributed by atoms with van der Waals surface area (Å²) >= 11 is 0. The number of hydrogen-bond donors (Lipinski definition) is 2. The molecule has 1 atom stereocenters. The van der Waals surface area contributed by atoms with Crippen molar-refractivity contribution in [3.63, 3.8) is 0 Å². The molecular weight excluding hydrogens is 246 g/mol. The summed E-state index contributed by atoms with van der Waals surface area (Å²) in [7, 11) is 0. The molecule has 19 heavy (non-hydrogen) atoms. The van der Waals surface area contributed by atoms with Crippen molar-refractivity contribution in [3.8, 4) is 0 Å². The molecule has 0 spiro atoms. The summed E-state index contributed by atoms with van der Waals surface area (Å²) in [6, 6.07) is 3.73. The van der Waals surface area contributed by atoms with E-state index in [4.69, 9.17) is 5.73 Å². The molecular formula is C13H19N3O3. The van der Waals surface area contributed by atoms with Gasteiger partial charge in [0.15, 0.2) is 0 Å². The number of benzene rings is 1. The number of nitro benzene ring substituents is 1. The zero-order chi connectivity index (χ0) is 14.6. The molecule has 0 saturated heterocycles. The number of non-ortho nitro benzene ring substituents is 1. The number of carbonyl (C=O) groups is 1. The largest absolute Gasteiger partial charge is 0.324 e. The first-order chi connectivity index (χ1) is 8.81. The van der Waals surface area contributed by atoms with E-state index in [1.165, 1.54) is 12.1 Å². The SMILES string of the molecule is Cc1ccc([N+](=O)[O-])cc1NC(=O)C(N)CC(C)C. The van der Waals surface area contributed by atoms with Crippen LogP contribution in [0.3, 0.4) is 0 Å². The van der Waals surface area contributed by atoms with Gasteiger partial charge in [-0.15, -0.1) is 0 Å². The molecule has 0 aliphatic rings. The van der Waals surface area contributed by atoms with Crippen LogP contribution in [0.4, 0.5) is 11.4 Å². The van der Waals surface area contributed by atoms with Crippen LogP contribution in [-0.2, 0) is 4.79 Å². The number of nitrogens with zero attached hydrogens (tertiary/aromatic N) is 1. The summed E-state index contributed by atoms with van der Waals surface area (Å²) < 4.78 is 0. The van der Waals surface area contributed by atoms with Crippen LogP contribution in [0.1, 0.15) is 25.8 Å². The van der Waals surface area contributed by atoms with Crippen molar-refractivity contribution in [1.82, 2.24) is 0 Å². The normalized spacial score (nSPS) is 12.3. The minimum absolute atomic E-state index is 0.0571. The molecule has 0 aliphatic carbocycles. The number of nitrogens with two attached hydrogens (primary N) is 1. The van der Waals surface area contributed by atoms with Crippen LogP contribution in [0.2, 0.25) is 0 Å². The first-order valence-electron chi connectivity index (χ1n) is 6.12. The average Bonchev–Trinajstić information content (AvgIpc) is 2.30. The molecule has 0 saturated carbocycles. The zero-order valence-corrected chi connectivity index (χ0v) is 11.3. The fourth-order valence-electron chi connectivity index (χ4n) is 1.70. The smallest absolute Gasteiger partial charge is 0.271 e. The van der Waals surface area contributed by atoms with Gasteiger partial charge in [-0.3, -0.25) is 14.9 Å². The van der Waals surface area contributed by atoms with Gasteiger partial charge in [-0.2, -0.15) is 0 Å². The van der Waals surface area contributed by atoms with Crippen LogP contribution in [-0.4, -0.2) is 16.9 Å². The standard InChI is InChI=1S/C13H19N3O3/c1-8(2)6-11(14)13(17)15-12-7-10(16(18)19)5-4-9(12)3/h4-5,7-8,11H,6,14H2,1-3H3,(H,15,17). The summed E-state index contributed by atoms with van der Waals surface area (Å²) in [4.78, 5) is 22.1. The van der Waals surface area contributed by atoms with E-state index in [9.17, 15) is 14.9 Å². The Hall–Kier alpha value is -1.95. The minimum atomic E-state index is -0.612. The molecule has 104 valence electrons. The third kappa shape index (κ3) is 4.33. The molecule has 0 aliphatic heterocycles. The van der Waals surface area contributed by atoms with Crippen LogP contribution >= 0.6 is 0 Å². The molecule has 6 nitrogen and oxygen atoms in total. The number of nitro groups is 1. The molecule has 0 heterocycles. The highest BCUT2D eigenvalue weighted by atomic mass is 16.6. The van der Waals surface area contributed by atoms with Gasteiger partial charge in [0.2, 0.25) is 5.91 Å². The van der Waals surface area contributed by atoms with Gasteiger partial charge in [-0.05, 0) is 24.8 Å². The van der Waals surface area contributed by atoms with Gasteiger partial charge in [-0.1, -0.05) is 19.9 Å². The van der Waals surface area contributed by atoms with E-state index in [0.29, 0.717) is 18.0 Å². The summed E-state index contributed by atoms with van der Waals surface area (Å²) in [5.74, 6) is -0.00995. The maximum atomic E-state index is 11.9. The Labute approximate surface area is 112 Å². The second-order valence-corrected chi connectivity index (χ2v) is 4.98. The monoisotopic (exact) mass is 265 g/mol. The molecule has 1 unspecified atom stereocenters. The zero-order valence-electron chi connectivity index (χ0n) is 11.3. The molecule has 1 aromatic rings. The van der Waals surface area contributed by atoms with Crippen LogP contribution in [0.15, 0.2) is 18.2 Å². The summed E-state index contributed by atoms with van der Waals surface area (Å²) in [5.41, 5.74) is 6.90. The Balaban J connectivity index is 2.84. The van der Waals surface area contributed by atoms with Crippen molar-refractivity contribution in [2.45, 2.75) is 33.2 Å². The summed E-state index contributed by atoms with van der Waals surface area (Å²) in [5, 5.41) is 13.3. The fourth-order valence-corrected chi connectivity index (χ4v) is 1.70. The highest BCUT2D eigenvalue weighted by Crippen LogP contribution is 2.22. The van der Waals surface area contributed by atoms with E-state index < -0.39 is 11.0 Å². The highest BCUT2D eigenvalue weighted by molar-refractivity contribution is 5.95. The Morgan fingerprint density at radius 3 is 2.63 bits per heavy atom. The Bertz CT molecular complexity index is 486. The van der Waals surface area contributed by atoms with E-state index >= 15 is 0 Å². The Kier molecular flexibility index (Phi) is 5.00. The summed E-state index contributed by atoms with van der Waals surface area (Å²) in [6.07, 6.45) is 0.569. The Morgan fingerprint density at radius 1 is 1.47 bits per heavy atom. The van der Waals surface area contributed by atoms with Crippen molar-refractivity contribution in [2.24, 2.45) is 11.7 Å². The number of rotatable bonds is 5. The molecule has 0 bridgehead atoms. The number of carbonyl (C=O) groups excluding carboxylic acids is 1. The van der Waals surface area contributed by atoms with Crippen LogP contribution in [0, 0.1) is 23.0 Å². The maximum absolute atomic E-state index is 11.9. The average molecular weight is 265 g/mol. The van der Waals surface area contributed by atoms with E-state index in [1.54, 1.807) is 13.0 Å². The van der Waals surface area contributed by atoms with Crippen molar-refractivity contribution >= 4 is 17.3 Å². The van der Waals surface area contributed by atoms with Gasteiger partial charge in [0.1, 0.15) is 0 Å². The molecule has 1 amide bonds. The molecule has 0 fully saturated rings. The number of hydrogen-bond acceptors (Lipinski definition) is 4. The molecule has 1 rings (SSSR count). The van der Waals surface area contributed by atoms with Crippen LogP contribution < -0.4 is 11.1 Å². The molecule has 0 aromatic heterocycles. The van der Waals surface area contributed by atoms with Gasteiger partial charge >= 0.3 is 0 Å². The number of anilines is 1. The lowest BCUT2D eigenvalue weighted by Crippen LogP contribution is -2.36. The van der Waals surface area contributed by atoms with Gasteiger partial charge in [0.05, 0.1) is 16.7 Å². The Morgan fingerprint density at radius 2 is 2.11 bits per heavy atom.